The lowest BCUT2D eigenvalue weighted by Gasteiger charge is -2.32. The lowest BCUT2D eigenvalue weighted by atomic mass is 10.0. The monoisotopic (exact) mass is 308 g/mol. The highest BCUT2D eigenvalue weighted by Crippen LogP contribution is 2.16. The highest BCUT2D eigenvalue weighted by atomic mass is 19.1. The average molecular weight is 308 g/mol. The predicted molar refractivity (Wildman–Crippen MR) is 80.0 cm³/mol. The maximum absolute atomic E-state index is 13.6. The fraction of sp³-hybridized carbons (Fsp3) is 0.500. The molecule has 120 valence electrons. The van der Waals surface area contributed by atoms with E-state index in [-0.39, 0.29) is 23.4 Å². The Morgan fingerprint density at radius 3 is 2.64 bits per heavy atom. The number of benzene rings is 1. The second kappa shape index (κ2) is 7.89. The quantitative estimate of drug-likeness (QED) is 0.898. The Labute approximate surface area is 129 Å². The Morgan fingerprint density at radius 2 is 2.00 bits per heavy atom. The van der Waals surface area contributed by atoms with Gasteiger partial charge in [0, 0.05) is 32.7 Å². The number of nitrogens with one attached hydrogen (secondary N) is 1. The van der Waals surface area contributed by atoms with Gasteiger partial charge in [0.1, 0.15) is 5.82 Å². The molecule has 0 saturated carbocycles. The molecule has 1 N–H and O–H groups in total. The van der Waals surface area contributed by atoms with Gasteiger partial charge in [0.2, 0.25) is 5.91 Å². The molecule has 1 heterocycles. The van der Waals surface area contributed by atoms with E-state index >= 15 is 0 Å². The standard InChI is InChI=1S/C16H21FN2O3/c1-22-11-8-15(20)18-12-6-9-19(10-7-12)16(21)13-4-2-3-5-14(13)17/h2-5,12H,6-11H2,1H3,(H,18,20). The number of hydrogen-bond acceptors (Lipinski definition) is 3. The largest absolute Gasteiger partial charge is 0.384 e. The summed E-state index contributed by atoms with van der Waals surface area (Å²) in [5.74, 6) is -0.828. The molecule has 0 unspecified atom stereocenters. The fourth-order valence-corrected chi connectivity index (χ4v) is 2.53. The normalized spacial score (nSPS) is 15.6. The number of likely N-dealkylation sites (tertiary alicyclic amines) is 1. The van der Waals surface area contributed by atoms with Crippen molar-refractivity contribution in [3.05, 3.63) is 35.6 Å². The fourth-order valence-electron chi connectivity index (χ4n) is 2.53. The van der Waals surface area contributed by atoms with Gasteiger partial charge < -0.3 is 15.0 Å². The molecule has 2 rings (SSSR count). The summed E-state index contributed by atoms with van der Waals surface area (Å²) in [5.41, 5.74) is 0.102. The summed E-state index contributed by atoms with van der Waals surface area (Å²) < 4.78 is 18.5. The smallest absolute Gasteiger partial charge is 0.256 e. The molecule has 1 fully saturated rings. The second-order valence-electron chi connectivity index (χ2n) is 5.36. The van der Waals surface area contributed by atoms with Crippen LogP contribution >= 0.6 is 0 Å². The topological polar surface area (TPSA) is 58.6 Å². The van der Waals surface area contributed by atoms with E-state index in [1.54, 1.807) is 24.1 Å². The molecule has 0 bridgehead atoms. The van der Waals surface area contributed by atoms with Crippen molar-refractivity contribution in [3.63, 3.8) is 0 Å². The molecule has 0 radical (unpaired) electrons. The summed E-state index contributed by atoms with van der Waals surface area (Å²) in [7, 11) is 1.56. The van der Waals surface area contributed by atoms with E-state index < -0.39 is 5.82 Å². The molecule has 1 aliphatic rings. The van der Waals surface area contributed by atoms with Crippen molar-refractivity contribution in [2.45, 2.75) is 25.3 Å². The molecule has 0 spiro atoms. The molecular weight excluding hydrogens is 287 g/mol. The third kappa shape index (κ3) is 4.27. The van der Waals surface area contributed by atoms with Crippen LogP contribution in [0.1, 0.15) is 29.6 Å². The zero-order chi connectivity index (χ0) is 15.9. The molecule has 1 saturated heterocycles. The number of rotatable bonds is 5. The number of ether oxygens (including phenoxy) is 1. The lowest BCUT2D eigenvalue weighted by Crippen LogP contribution is -2.46. The highest BCUT2D eigenvalue weighted by Gasteiger charge is 2.25. The summed E-state index contributed by atoms with van der Waals surface area (Å²) in [4.78, 5) is 25.5. The number of carbonyl (C=O) groups excluding carboxylic acids is 2. The molecule has 0 aliphatic carbocycles. The molecule has 6 heteroatoms. The van der Waals surface area contributed by atoms with Gasteiger partial charge in [0.25, 0.3) is 5.91 Å². The number of methoxy groups -OCH3 is 1. The van der Waals surface area contributed by atoms with Gasteiger partial charge in [0.15, 0.2) is 0 Å². The van der Waals surface area contributed by atoms with Crippen molar-refractivity contribution in [1.29, 1.82) is 0 Å². The summed E-state index contributed by atoms with van der Waals surface area (Å²) in [6.45, 7) is 1.43. The molecule has 0 aromatic heterocycles. The Bertz CT molecular complexity index is 528. The van der Waals surface area contributed by atoms with Crippen LogP contribution in [0.15, 0.2) is 24.3 Å². The van der Waals surface area contributed by atoms with Crippen molar-refractivity contribution in [2.24, 2.45) is 0 Å². The van der Waals surface area contributed by atoms with Crippen molar-refractivity contribution in [2.75, 3.05) is 26.8 Å². The van der Waals surface area contributed by atoms with Gasteiger partial charge >= 0.3 is 0 Å². The van der Waals surface area contributed by atoms with E-state index in [2.05, 4.69) is 5.32 Å². The van der Waals surface area contributed by atoms with Crippen molar-refractivity contribution in [1.82, 2.24) is 10.2 Å². The minimum Gasteiger partial charge on any atom is -0.384 e. The highest BCUT2D eigenvalue weighted by molar-refractivity contribution is 5.94. The SMILES string of the molecule is COCCC(=O)NC1CCN(C(=O)c2ccccc2F)CC1. The van der Waals surface area contributed by atoms with Crippen LogP contribution in [0.5, 0.6) is 0 Å². The van der Waals surface area contributed by atoms with Gasteiger partial charge in [-0.05, 0) is 25.0 Å². The summed E-state index contributed by atoms with van der Waals surface area (Å²) >= 11 is 0. The second-order valence-corrected chi connectivity index (χ2v) is 5.36. The molecule has 22 heavy (non-hydrogen) atoms. The summed E-state index contributed by atoms with van der Waals surface area (Å²) in [6.07, 6.45) is 1.70. The minimum absolute atomic E-state index is 0.0410. The minimum atomic E-state index is -0.498. The van der Waals surface area contributed by atoms with E-state index in [9.17, 15) is 14.0 Å². The van der Waals surface area contributed by atoms with E-state index in [4.69, 9.17) is 4.74 Å². The van der Waals surface area contributed by atoms with Crippen LogP contribution in [0, 0.1) is 5.82 Å². The number of hydrogen-bond donors (Lipinski definition) is 1. The molecule has 5 nitrogen and oxygen atoms in total. The molecule has 1 aromatic carbocycles. The van der Waals surface area contributed by atoms with Gasteiger partial charge in [-0.25, -0.2) is 4.39 Å². The van der Waals surface area contributed by atoms with Gasteiger partial charge in [-0.3, -0.25) is 9.59 Å². The number of halogens is 1. The molecular formula is C16H21FN2O3. The zero-order valence-corrected chi connectivity index (χ0v) is 12.7. The van der Waals surface area contributed by atoms with Crippen LogP contribution in [-0.4, -0.2) is 49.6 Å². The van der Waals surface area contributed by atoms with E-state index in [0.717, 1.165) is 0 Å². The maximum Gasteiger partial charge on any atom is 0.256 e. The van der Waals surface area contributed by atoms with Crippen molar-refractivity contribution in [3.8, 4) is 0 Å². The third-order valence-corrected chi connectivity index (χ3v) is 3.78. The Balaban J connectivity index is 1.83. The first-order valence-electron chi connectivity index (χ1n) is 7.44. The first-order chi connectivity index (χ1) is 10.6. The molecule has 1 aromatic rings. The average Bonchev–Trinajstić information content (AvgIpc) is 2.53. The van der Waals surface area contributed by atoms with Gasteiger partial charge in [-0.15, -0.1) is 0 Å². The molecule has 0 atom stereocenters. The number of carbonyl (C=O) groups is 2. The van der Waals surface area contributed by atoms with Crippen LogP contribution in [0.4, 0.5) is 4.39 Å². The first kappa shape index (κ1) is 16.4. The third-order valence-electron chi connectivity index (χ3n) is 3.78. The Morgan fingerprint density at radius 1 is 1.32 bits per heavy atom. The Hall–Kier alpha value is -1.95. The van der Waals surface area contributed by atoms with Crippen LogP contribution < -0.4 is 5.32 Å². The van der Waals surface area contributed by atoms with Gasteiger partial charge in [-0.1, -0.05) is 12.1 Å². The maximum atomic E-state index is 13.6. The van der Waals surface area contributed by atoms with Crippen LogP contribution in [-0.2, 0) is 9.53 Å². The number of piperidine rings is 1. The number of amides is 2. The van der Waals surface area contributed by atoms with Crippen LogP contribution in [0.25, 0.3) is 0 Å². The predicted octanol–water partition coefficient (Wildman–Crippen LogP) is 1.58. The van der Waals surface area contributed by atoms with Crippen molar-refractivity contribution >= 4 is 11.8 Å². The summed E-state index contributed by atoms with van der Waals surface area (Å²) in [6, 6.07) is 6.06. The van der Waals surface area contributed by atoms with E-state index in [0.29, 0.717) is 39.0 Å². The summed E-state index contributed by atoms with van der Waals surface area (Å²) in [5, 5.41) is 2.93. The first-order valence-corrected chi connectivity index (χ1v) is 7.44. The van der Waals surface area contributed by atoms with E-state index in [1.165, 1.54) is 12.1 Å². The molecule has 2 amide bonds. The number of nitrogens with zero attached hydrogens (tertiary/aromatic N) is 1. The zero-order valence-electron chi connectivity index (χ0n) is 12.7. The van der Waals surface area contributed by atoms with Crippen molar-refractivity contribution < 1.29 is 18.7 Å². The van der Waals surface area contributed by atoms with Gasteiger partial charge in [0.05, 0.1) is 12.2 Å². The van der Waals surface area contributed by atoms with Crippen LogP contribution in [0.2, 0.25) is 0 Å². The molecule has 1 aliphatic heterocycles. The van der Waals surface area contributed by atoms with Gasteiger partial charge in [-0.2, -0.15) is 0 Å². The lowest BCUT2D eigenvalue weighted by molar-refractivity contribution is -0.122. The van der Waals surface area contributed by atoms with E-state index in [1.807, 2.05) is 0 Å². The Kier molecular flexibility index (Phi) is 5.89. The van der Waals surface area contributed by atoms with Crippen LogP contribution in [0.3, 0.4) is 0 Å².